The number of nitrogens with two attached hydrogens (primary N) is 2. The van der Waals surface area contributed by atoms with Crippen LogP contribution in [0.3, 0.4) is 0 Å². The molecular weight excluding hydrogens is 216 g/mol. The Kier molecular flexibility index (Phi) is 3.46. The largest absolute Gasteiger partial charge is 0.397 e. The Morgan fingerprint density at radius 2 is 2.06 bits per heavy atom. The minimum atomic E-state index is -0.497. The predicted molar refractivity (Wildman–Crippen MR) is 67.7 cm³/mol. The van der Waals surface area contributed by atoms with Crippen LogP contribution in [0, 0.1) is 0 Å². The van der Waals surface area contributed by atoms with Gasteiger partial charge in [0, 0.05) is 6.04 Å². The van der Waals surface area contributed by atoms with E-state index in [-0.39, 0.29) is 0 Å². The van der Waals surface area contributed by atoms with Gasteiger partial charge in [0.2, 0.25) is 0 Å². The van der Waals surface area contributed by atoms with Gasteiger partial charge in [-0.1, -0.05) is 19.3 Å². The third-order valence-electron chi connectivity index (χ3n) is 3.12. The summed E-state index contributed by atoms with van der Waals surface area (Å²) in [6, 6.07) is 1.96. The molecule has 1 heterocycles. The van der Waals surface area contributed by atoms with Gasteiger partial charge in [-0.25, -0.2) is 4.98 Å². The van der Waals surface area contributed by atoms with E-state index in [0.29, 0.717) is 23.1 Å². The first-order valence-corrected chi connectivity index (χ1v) is 5.98. The fourth-order valence-electron chi connectivity index (χ4n) is 2.22. The first-order valence-electron chi connectivity index (χ1n) is 5.98. The summed E-state index contributed by atoms with van der Waals surface area (Å²) < 4.78 is 0. The van der Waals surface area contributed by atoms with Crippen molar-refractivity contribution in [3.05, 3.63) is 17.8 Å². The summed E-state index contributed by atoms with van der Waals surface area (Å²) in [5.41, 5.74) is 11.7. The van der Waals surface area contributed by atoms with Crippen molar-refractivity contribution in [2.24, 2.45) is 5.73 Å². The van der Waals surface area contributed by atoms with E-state index in [1.807, 2.05) is 0 Å². The molecule has 92 valence electrons. The summed E-state index contributed by atoms with van der Waals surface area (Å²) in [7, 11) is 0. The zero-order valence-electron chi connectivity index (χ0n) is 9.78. The van der Waals surface area contributed by atoms with E-state index in [2.05, 4.69) is 10.3 Å². The average molecular weight is 234 g/mol. The topological polar surface area (TPSA) is 94.0 Å². The molecule has 2 rings (SSSR count). The molecule has 0 radical (unpaired) electrons. The van der Waals surface area contributed by atoms with Crippen LogP contribution in [0.25, 0.3) is 0 Å². The normalized spacial score (nSPS) is 16.7. The maximum atomic E-state index is 11.3. The third kappa shape index (κ3) is 2.87. The van der Waals surface area contributed by atoms with Crippen molar-refractivity contribution in [1.29, 1.82) is 0 Å². The molecule has 0 unspecified atom stereocenters. The standard InChI is InChI=1S/C12H18N4O/c13-8-6-10(11(14)17)12(15-7-8)16-9-4-2-1-3-5-9/h6-7,9H,1-5,13H2,(H2,14,17)(H,15,16). The zero-order chi connectivity index (χ0) is 12.3. The van der Waals surface area contributed by atoms with Crippen LogP contribution in [-0.4, -0.2) is 16.9 Å². The monoisotopic (exact) mass is 234 g/mol. The second-order valence-corrected chi connectivity index (χ2v) is 4.51. The van der Waals surface area contributed by atoms with Crippen LogP contribution in [0.4, 0.5) is 11.5 Å². The molecule has 0 atom stereocenters. The van der Waals surface area contributed by atoms with Gasteiger partial charge >= 0.3 is 0 Å². The number of nitrogens with zero attached hydrogens (tertiary/aromatic N) is 1. The molecule has 1 amide bonds. The Hall–Kier alpha value is -1.78. The molecule has 1 aromatic heterocycles. The van der Waals surface area contributed by atoms with E-state index in [9.17, 15) is 4.79 Å². The van der Waals surface area contributed by atoms with Gasteiger partial charge in [0.15, 0.2) is 0 Å². The zero-order valence-corrected chi connectivity index (χ0v) is 9.78. The van der Waals surface area contributed by atoms with Gasteiger partial charge in [0.05, 0.1) is 17.4 Å². The summed E-state index contributed by atoms with van der Waals surface area (Å²) in [4.78, 5) is 15.5. The number of pyridine rings is 1. The molecule has 1 saturated carbocycles. The lowest BCUT2D eigenvalue weighted by molar-refractivity contribution is 0.100. The molecule has 0 spiro atoms. The first-order chi connectivity index (χ1) is 8.16. The molecule has 0 saturated heterocycles. The summed E-state index contributed by atoms with van der Waals surface area (Å²) in [6.45, 7) is 0. The van der Waals surface area contributed by atoms with Crippen molar-refractivity contribution in [1.82, 2.24) is 4.98 Å². The van der Waals surface area contributed by atoms with Crippen LogP contribution in [0.15, 0.2) is 12.3 Å². The average Bonchev–Trinajstić information content (AvgIpc) is 2.32. The SMILES string of the molecule is NC(=O)c1cc(N)cnc1NC1CCCCC1. The maximum Gasteiger partial charge on any atom is 0.252 e. The number of hydrogen-bond donors (Lipinski definition) is 3. The molecule has 17 heavy (non-hydrogen) atoms. The van der Waals surface area contributed by atoms with Crippen molar-refractivity contribution in [2.45, 2.75) is 38.1 Å². The van der Waals surface area contributed by atoms with E-state index < -0.39 is 5.91 Å². The number of carbonyl (C=O) groups is 1. The van der Waals surface area contributed by atoms with Crippen molar-refractivity contribution in [3.63, 3.8) is 0 Å². The number of aromatic nitrogens is 1. The minimum Gasteiger partial charge on any atom is -0.397 e. The quantitative estimate of drug-likeness (QED) is 0.738. The molecule has 5 nitrogen and oxygen atoms in total. The van der Waals surface area contributed by atoms with E-state index >= 15 is 0 Å². The summed E-state index contributed by atoms with van der Waals surface area (Å²) >= 11 is 0. The number of carbonyl (C=O) groups excluding carboxylic acids is 1. The Morgan fingerprint density at radius 3 is 2.71 bits per heavy atom. The van der Waals surface area contributed by atoms with Crippen molar-refractivity contribution < 1.29 is 4.79 Å². The molecule has 1 aromatic rings. The number of nitrogen functional groups attached to an aromatic ring is 1. The Bertz CT molecular complexity index is 413. The summed E-state index contributed by atoms with van der Waals surface area (Å²) in [5, 5.41) is 3.29. The fourth-order valence-corrected chi connectivity index (χ4v) is 2.22. The molecule has 0 aromatic carbocycles. The van der Waals surface area contributed by atoms with Crippen molar-refractivity contribution in [2.75, 3.05) is 11.1 Å². The first kappa shape index (κ1) is 11.7. The van der Waals surface area contributed by atoms with Crippen LogP contribution in [0.2, 0.25) is 0 Å². The highest BCUT2D eigenvalue weighted by Crippen LogP contribution is 2.23. The van der Waals surface area contributed by atoms with Crippen LogP contribution < -0.4 is 16.8 Å². The molecule has 0 bridgehead atoms. The molecule has 1 aliphatic rings. The molecule has 1 fully saturated rings. The van der Waals surface area contributed by atoms with Crippen molar-refractivity contribution >= 4 is 17.4 Å². The molecule has 5 N–H and O–H groups in total. The highest BCUT2D eigenvalue weighted by molar-refractivity contribution is 5.98. The van der Waals surface area contributed by atoms with Crippen LogP contribution in [0.1, 0.15) is 42.5 Å². The van der Waals surface area contributed by atoms with Crippen molar-refractivity contribution in [3.8, 4) is 0 Å². The second kappa shape index (κ2) is 5.03. The summed E-state index contributed by atoms with van der Waals surface area (Å²) in [5.74, 6) is 0.0571. The van der Waals surface area contributed by atoms with Gasteiger partial charge in [-0.3, -0.25) is 4.79 Å². The smallest absolute Gasteiger partial charge is 0.252 e. The Morgan fingerprint density at radius 1 is 1.35 bits per heavy atom. The Balaban J connectivity index is 2.16. The van der Waals surface area contributed by atoms with Gasteiger partial charge in [-0.15, -0.1) is 0 Å². The molecular formula is C12H18N4O. The fraction of sp³-hybridized carbons (Fsp3) is 0.500. The number of nitrogens with one attached hydrogen (secondary N) is 1. The van der Waals surface area contributed by atoms with Gasteiger partial charge < -0.3 is 16.8 Å². The lowest BCUT2D eigenvalue weighted by Gasteiger charge is -2.24. The van der Waals surface area contributed by atoms with E-state index in [4.69, 9.17) is 11.5 Å². The van der Waals surface area contributed by atoms with Gasteiger partial charge in [-0.2, -0.15) is 0 Å². The van der Waals surface area contributed by atoms with Crippen LogP contribution in [-0.2, 0) is 0 Å². The van der Waals surface area contributed by atoms with Crippen LogP contribution >= 0.6 is 0 Å². The maximum absolute atomic E-state index is 11.3. The van der Waals surface area contributed by atoms with E-state index in [1.54, 1.807) is 6.07 Å². The lowest BCUT2D eigenvalue weighted by Crippen LogP contribution is -2.25. The predicted octanol–water partition coefficient (Wildman–Crippen LogP) is 1.51. The van der Waals surface area contributed by atoms with E-state index in [1.165, 1.54) is 25.5 Å². The van der Waals surface area contributed by atoms with Gasteiger partial charge in [0.1, 0.15) is 5.82 Å². The number of anilines is 2. The molecule has 1 aliphatic carbocycles. The van der Waals surface area contributed by atoms with Gasteiger partial charge in [0.25, 0.3) is 5.91 Å². The molecule has 5 heteroatoms. The minimum absolute atomic E-state index is 0.371. The highest BCUT2D eigenvalue weighted by atomic mass is 16.1. The summed E-state index contributed by atoms with van der Waals surface area (Å²) in [6.07, 6.45) is 7.50. The number of hydrogen-bond acceptors (Lipinski definition) is 4. The number of rotatable bonds is 3. The van der Waals surface area contributed by atoms with Gasteiger partial charge in [-0.05, 0) is 18.9 Å². The number of amides is 1. The third-order valence-corrected chi connectivity index (χ3v) is 3.12. The Labute approximate surface area is 101 Å². The highest BCUT2D eigenvalue weighted by Gasteiger charge is 2.17. The van der Waals surface area contributed by atoms with E-state index in [0.717, 1.165) is 12.8 Å². The molecule has 0 aliphatic heterocycles. The number of primary amides is 1. The lowest BCUT2D eigenvalue weighted by atomic mass is 9.95. The van der Waals surface area contributed by atoms with Crippen LogP contribution in [0.5, 0.6) is 0 Å². The second-order valence-electron chi connectivity index (χ2n) is 4.51.